The number of nitrogens with one attached hydrogen (secondary N) is 2. The molecule has 0 saturated heterocycles. The average Bonchev–Trinajstić information content (AvgIpc) is 2.95. The number of nitrogens with zero attached hydrogens (tertiary/aromatic N) is 1. The van der Waals surface area contributed by atoms with Crippen molar-refractivity contribution in [1.82, 2.24) is 15.5 Å². The van der Waals surface area contributed by atoms with Crippen molar-refractivity contribution < 1.29 is 23.9 Å². The summed E-state index contributed by atoms with van der Waals surface area (Å²) in [5.74, 6) is -1.18. The van der Waals surface area contributed by atoms with E-state index in [2.05, 4.69) is 10.6 Å². The fourth-order valence-electron chi connectivity index (χ4n) is 2.70. The molecule has 8 heteroatoms. The van der Waals surface area contributed by atoms with E-state index in [9.17, 15) is 19.2 Å². The number of para-hydroxylation sites is 1. The molecule has 0 aliphatic carbocycles. The smallest absolute Gasteiger partial charge is 0.262 e. The fraction of sp³-hybridized carbons (Fsp3) is 0.200. The largest absolute Gasteiger partial charge is 0.484 e. The lowest BCUT2D eigenvalue weighted by molar-refractivity contribution is -0.124. The van der Waals surface area contributed by atoms with Crippen molar-refractivity contribution >= 4 is 23.6 Å². The van der Waals surface area contributed by atoms with E-state index in [0.717, 1.165) is 4.90 Å². The number of hydrogen-bond donors (Lipinski definition) is 2. The van der Waals surface area contributed by atoms with Crippen LogP contribution in [0.25, 0.3) is 0 Å². The van der Waals surface area contributed by atoms with E-state index in [-0.39, 0.29) is 32.1 Å². The maximum absolute atomic E-state index is 12.2. The first kappa shape index (κ1) is 19.1. The molecule has 2 aromatic carbocycles. The van der Waals surface area contributed by atoms with Crippen molar-refractivity contribution in [3.05, 3.63) is 65.7 Å². The first-order chi connectivity index (χ1) is 13.6. The van der Waals surface area contributed by atoms with Gasteiger partial charge in [0.2, 0.25) is 5.91 Å². The topological polar surface area (TPSA) is 105 Å². The van der Waals surface area contributed by atoms with E-state index in [1.165, 1.54) is 0 Å². The van der Waals surface area contributed by atoms with Gasteiger partial charge in [0.15, 0.2) is 6.61 Å². The van der Waals surface area contributed by atoms with Gasteiger partial charge in [-0.2, -0.15) is 0 Å². The number of carbonyl (C=O) groups excluding carboxylic acids is 4. The molecular weight excluding hydrogens is 362 g/mol. The summed E-state index contributed by atoms with van der Waals surface area (Å²) in [6.45, 7) is -0.131. The minimum Gasteiger partial charge on any atom is -0.484 e. The molecule has 0 bridgehead atoms. The normalized spacial score (nSPS) is 12.5. The van der Waals surface area contributed by atoms with Crippen LogP contribution in [-0.2, 0) is 9.59 Å². The van der Waals surface area contributed by atoms with Gasteiger partial charge >= 0.3 is 0 Å². The van der Waals surface area contributed by atoms with Crippen LogP contribution in [-0.4, -0.2) is 54.8 Å². The maximum atomic E-state index is 12.2. The number of amides is 4. The van der Waals surface area contributed by atoms with Gasteiger partial charge in [-0.25, -0.2) is 0 Å². The molecule has 2 aromatic rings. The molecule has 28 heavy (non-hydrogen) atoms. The summed E-state index contributed by atoms with van der Waals surface area (Å²) < 4.78 is 5.31. The van der Waals surface area contributed by atoms with Crippen LogP contribution in [0.1, 0.15) is 20.7 Å². The van der Waals surface area contributed by atoms with Crippen LogP contribution >= 0.6 is 0 Å². The van der Waals surface area contributed by atoms with Gasteiger partial charge in [0, 0.05) is 13.1 Å². The van der Waals surface area contributed by atoms with Crippen molar-refractivity contribution in [3.63, 3.8) is 0 Å². The SMILES string of the molecule is O=C(COc1ccccc1)NCCNC(=O)CN1C(=O)c2ccccc2C1=O. The second kappa shape index (κ2) is 8.81. The highest BCUT2D eigenvalue weighted by Gasteiger charge is 2.36. The highest BCUT2D eigenvalue weighted by molar-refractivity contribution is 6.22. The van der Waals surface area contributed by atoms with Crippen molar-refractivity contribution in [2.24, 2.45) is 0 Å². The maximum Gasteiger partial charge on any atom is 0.262 e. The number of imide groups is 1. The molecule has 1 heterocycles. The monoisotopic (exact) mass is 381 g/mol. The number of hydrogen-bond acceptors (Lipinski definition) is 5. The molecule has 0 fully saturated rings. The van der Waals surface area contributed by atoms with Crippen LogP contribution in [0.4, 0.5) is 0 Å². The van der Waals surface area contributed by atoms with Gasteiger partial charge in [0.1, 0.15) is 12.3 Å². The summed E-state index contributed by atoms with van der Waals surface area (Å²) in [5.41, 5.74) is 0.594. The lowest BCUT2D eigenvalue weighted by Gasteiger charge is -2.13. The van der Waals surface area contributed by atoms with Crippen molar-refractivity contribution in [3.8, 4) is 5.75 Å². The zero-order valence-corrected chi connectivity index (χ0v) is 15.0. The number of carbonyl (C=O) groups is 4. The Hall–Kier alpha value is -3.68. The molecule has 0 radical (unpaired) electrons. The van der Waals surface area contributed by atoms with Crippen molar-refractivity contribution in [1.29, 1.82) is 0 Å². The third-order valence-corrected chi connectivity index (χ3v) is 4.06. The standard InChI is InChI=1S/C20H19N3O5/c24-17(12-23-19(26)15-8-4-5-9-16(15)20(23)27)21-10-11-22-18(25)13-28-14-6-2-1-3-7-14/h1-9H,10-13H2,(H,21,24)(H,22,25). The molecule has 0 saturated carbocycles. The molecule has 0 atom stereocenters. The molecule has 1 aliphatic heterocycles. The highest BCUT2D eigenvalue weighted by atomic mass is 16.5. The lowest BCUT2D eigenvalue weighted by Crippen LogP contribution is -2.43. The van der Waals surface area contributed by atoms with Gasteiger partial charge in [-0.05, 0) is 24.3 Å². The molecule has 0 unspecified atom stereocenters. The van der Waals surface area contributed by atoms with E-state index < -0.39 is 17.7 Å². The van der Waals surface area contributed by atoms with Gasteiger partial charge in [0.05, 0.1) is 11.1 Å². The number of ether oxygens (including phenoxy) is 1. The van der Waals surface area contributed by atoms with Crippen molar-refractivity contribution in [2.45, 2.75) is 0 Å². The predicted molar refractivity (Wildman–Crippen MR) is 99.8 cm³/mol. The summed E-state index contributed by atoms with van der Waals surface area (Å²) in [5, 5.41) is 5.17. The molecule has 144 valence electrons. The molecule has 8 nitrogen and oxygen atoms in total. The number of fused-ring (bicyclic) bond motifs is 1. The summed E-state index contributed by atoms with van der Waals surface area (Å²) in [4.78, 5) is 49.0. The Labute approximate surface area is 161 Å². The molecule has 0 aromatic heterocycles. The van der Waals surface area contributed by atoms with E-state index in [1.54, 1.807) is 48.5 Å². The molecular formula is C20H19N3O5. The van der Waals surface area contributed by atoms with Crippen LogP contribution < -0.4 is 15.4 Å². The zero-order chi connectivity index (χ0) is 19.9. The van der Waals surface area contributed by atoms with Gasteiger partial charge < -0.3 is 15.4 Å². The van der Waals surface area contributed by atoms with Gasteiger partial charge in [-0.3, -0.25) is 24.1 Å². The molecule has 0 spiro atoms. The quantitative estimate of drug-likeness (QED) is 0.515. The summed E-state index contributed by atoms with van der Waals surface area (Å²) >= 11 is 0. The Morgan fingerprint density at radius 2 is 1.32 bits per heavy atom. The van der Waals surface area contributed by atoms with Crippen LogP contribution in [0.3, 0.4) is 0 Å². The van der Waals surface area contributed by atoms with Gasteiger partial charge in [-0.15, -0.1) is 0 Å². The Kier molecular flexibility index (Phi) is 6.01. The molecule has 1 aliphatic rings. The lowest BCUT2D eigenvalue weighted by atomic mass is 10.1. The Bertz CT molecular complexity index is 863. The van der Waals surface area contributed by atoms with Crippen LogP contribution in [0, 0.1) is 0 Å². The molecule has 2 N–H and O–H groups in total. The first-order valence-corrected chi connectivity index (χ1v) is 8.72. The van der Waals surface area contributed by atoms with Crippen LogP contribution in [0.5, 0.6) is 5.75 Å². The van der Waals surface area contributed by atoms with Crippen molar-refractivity contribution in [2.75, 3.05) is 26.2 Å². The van der Waals surface area contributed by atoms with E-state index in [0.29, 0.717) is 16.9 Å². The number of benzene rings is 2. The Balaban J connectivity index is 1.36. The first-order valence-electron chi connectivity index (χ1n) is 8.72. The Morgan fingerprint density at radius 1 is 0.786 bits per heavy atom. The summed E-state index contributed by atoms with van der Waals surface area (Å²) in [6.07, 6.45) is 0. The highest BCUT2D eigenvalue weighted by Crippen LogP contribution is 2.21. The summed E-state index contributed by atoms with van der Waals surface area (Å²) in [6, 6.07) is 15.4. The second-order valence-electron chi connectivity index (χ2n) is 6.04. The van der Waals surface area contributed by atoms with Crippen LogP contribution in [0.2, 0.25) is 0 Å². The third-order valence-electron chi connectivity index (χ3n) is 4.06. The molecule has 3 rings (SSSR count). The van der Waals surface area contributed by atoms with Gasteiger partial charge in [0.25, 0.3) is 17.7 Å². The third kappa shape index (κ3) is 4.53. The minimum atomic E-state index is -0.484. The van der Waals surface area contributed by atoms with E-state index in [1.807, 2.05) is 6.07 Å². The Morgan fingerprint density at radius 3 is 1.93 bits per heavy atom. The van der Waals surface area contributed by atoms with E-state index >= 15 is 0 Å². The predicted octanol–water partition coefficient (Wildman–Crippen LogP) is 0.594. The van der Waals surface area contributed by atoms with Crippen LogP contribution in [0.15, 0.2) is 54.6 Å². The van der Waals surface area contributed by atoms with Gasteiger partial charge in [-0.1, -0.05) is 30.3 Å². The second-order valence-corrected chi connectivity index (χ2v) is 6.04. The number of rotatable bonds is 8. The fourth-order valence-corrected chi connectivity index (χ4v) is 2.70. The zero-order valence-electron chi connectivity index (χ0n) is 15.0. The van der Waals surface area contributed by atoms with E-state index in [4.69, 9.17) is 4.74 Å². The minimum absolute atomic E-state index is 0.132. The summed E-state index contributed by atoms with van der Waals surface area (Å²) in [7, 11) is 0. The average molecular weight is 381 g/mol. The molecule has 4 amide bonds.